The molecule has 0 N–H and O–H groups in total. The van der Waals surface area contributed by atoms with Crippen molar-refractivity contribution in [2.24, 2.45) is 0 Å². The standard InChI is InChI=1S/C13H12ClNOS/c1-15(2)10-5-3-4-9(8-10)12(16)13-11(14)6-7-17-13/h3-8H,1-2H3. The summed E-state index contributed by atoms with van der Waals surface area (Å²) in [6.07, 6.45) is 0. The molecule has 0 radical (unpaired) electrons. The molecule has 17 heavy (non-hydrogen) atoms. The van der Waals surface area contributed by atoms with Gasteiger partial charge < -0.3 is 4.90 Å². The fraction of sp³-hybridized carbons (Fsp3) is 0.154. The molecule has 0 saturated carbocycles. The van der Waals surface area contributed by atoms with Gasteiger partial charge in [-0.3, -0.25) is 4.79 Å². The van der Waals surface area contributed by atoms with Crippen LogP contribution in [0.25, 0.3) is 0 Å². The number of thiophene rings is 1. The van der Waals surface area contributed by atoms with E-state index in [4.69, 9.17) is 11.6 Å². The SMILES string of the molecule is CN(C)c1cccc(C(=O)c2sccc2Cl)c1. The van der Waals surface area contributed by atoms with Gasteiger partial charge in [0.15, 0.2) is 0 Å². The van der Waals surface area contributed by atoms with Gasteiger partial charge in [-0.05, 0) is 23.6 Å². The van der Waals surface area contributed by atoms with E-state index in [1.807, 2.05) is 48.6 Å². The van der Waals surface area contributed by atoms with Crippen molar-refractivity contribution in [3.63, 3.8) is 0 Å². The van der Waals surface area contributed by atoms with E-state index in [1.54, 1.807) is 6.07 Å². The number of ketones is 1. The number of carbonyl (C=O) groups excluding carboxylic acids is 1. The minimum atomic E-state index is -0.0197. The first-order valence-electron chi connectivity index (χ1n) is 5.14. The highest BCUT2D eigenvalue weighted by Gasteiger charge is 2.14. The van der Waals surface area contributed by atoms with Gasteiger partial charge in [0.1, 0.15) is 0 Å². The Morgan fingerprint density at radius 1 is 1.29 bits per heavy atom. The van der Waals surface area contributed by atoms with E-state index in [2.05, 4.69) is 0 Å². The highest BCUT2D eigenvalue weighted by atomic mass is 35.5. The maximum absolute atomic E-state index is 12.2. The normalized spacial score (nSPS) is 10.3. The second-order valence-corrected chi connectivity index (χ2v) is 5.19. The highest BCUT2D eigenvalue weighted by molar-refractivity contribution is 7.13. The van der Waals surface area contributed by atoms with Gasteiger partial charge in [0, 0.05) is 25.3 Å². The Balaban J connectivity index is 2.38. The van der Waals surface area contributed by atoms with Crippen LogP contribution in [0.15, 0.2) is 35.7 Å². The summed E-state index contributed by atoms with van der Waals surface area (Å²) in [5.74, 6) is -0.0197. The van der Waals surface area contributed by atoms with E-state index in [1.165, 1.54) is 11.3 Å². The molecule has 0 atom stereocenters. The van der Waals surface area contributed by atoms with Gasteiger partial charge in [0.25, 0.3) is 0 Å². The molecule has 1 aromatic carbocycles. The quantitative estimate of drug-likeness (QED) is 0.789. The molecule has 4 heteroatoms. The minimum absolute atomic E-state index is 0.0197. The molecule has 1 heterocycles. The topological polar surface area (TPSA) is 20.3 Å². The molecule has 1 aromatic heterocycles. The van der Waals surface area contributed by atoms with Crippen LogP contribution in [0, 0.1) is 0 Å². The van der Waals surface area contributed by atoms with Crippen LogP contribution in [-0.4, -0.2) is 19.9 Å². The number of rotatable bonds is 3. The van der Waals surface area contributed by atoms with Gasteiger partial charge in [0.2, 0.25) is 5.78 Å². The third-order valence-electron chi connectivity index (χ3n) is 2.45. The lowest BCUT2D eigenvalue weighted by Crippen LogP contribution is -2.09. The molecule has 2 nitrogen and oxygen atoms in total. The Hall–Kier alpha value is -1.32. The summed E-state index contributed by atoms with van der Waals surface area (Å²) < 4.78 is 0. The van der Waals surface area contributed by atoms with Gasteiger partial charge in [-0.25, -0.2) is 0 Å². The van der Waals surface area contributed by atoms with Crippen molar-refractivity contribution in [1.29, 1.82) is 0 Å². The molecule has 0 fully saturated rings. The Labute approximate surface area is 109 Å². The molecule has 88 valence electrons. The monoisotopic (exact) mass is 265 g/mol. The van der Waals surface area contributed by atoms with Gasteiger partial charge in [-0.1, -0.05) is 23.7 Å². The maximum atomic E-state index is 12.2. The number of halogens is 1. The van der Waals surface area contributed by atoms with Crippen LogP contribution in [-0.2, 0) is 0 Å². The van der Waals surface area contributed by atoms with Crippen LogP contribution >= 0.6 is 22.9 Å². The number of benzene rings is 1. The fourth-order valence-electron chi connectivity index (χ4n) is 1.51. The number of anilines is 1. The van der Waals surface area contributed by atoms with E-state index in [-0.39, 0.29) is 5.78 Å². The van der Waals surface area contributed by atoms with Crippen LogP contribution < -0.4 is 4.90 Å². The van der Waals surface area contributed by atoms with E-state index >= 15 is 0 Å². The number of hydrogen-bond donors (Lipinski definition) is 0. The minimum Gasteiger partial charge on any atom is -0.378 e. The molecule has 0 spiro atoms. The van der Waals surface area contributed by atoms with Gasteiger partial charge in [0.05, 0.1) is 9.90 Å². The molecule has 0 aliphatic rings. The molecular weight excluding hydrogens is 254 g/mol. The van der Waals surface area contributed by atoms with Crippen LogP contribution in [0.5, 0.6) is 0 Å². The van der Waals surface area contributed by atoms with Crippen LogP contribution in [0.2, 0.25) is 5.02 Å². The molecule has 0 aliphatic carbocycles. The summed E-state index contributed by atoms with van der Waals surface area (Å²) in [6, 6.07) is 9.27. The molecule has 0 bridgehead atoms. The van der Waals surface area contributed by atoms with Crippen molar-refractivity contribution in [3.05, 3.63) is 51.2 Å². The predicted octanol–water partition coefficient (Wildman–Crippen LogP) is 3.70. The van der Waals surface area contributed by atoms with E-state index in [0.717, 1.165) is 5.69 Å². The number of hydrogen-bond acceptors (Lipinski definition) is 3. The van der Waals surface area contributed by atoms with Crippen molar-refractivity contribution in [2.45, 2.75) is 0 Å². The smallest absolute Gasteiger partial charge is 0.204 e. The lowest BCUT2D eigenvalue weighted by atomic mass is 10.1. The molecule has 0 unspecified atom stereocenters. The van der Waals surface area contributed by atoms with Crippen LogP contribution in [0.4, 0.5) is 5.69 Å². The van der Waals surface area contributed by atoms with Crippen molar-refractivity contribution < 1.29 is 4.79 Å². The molecule has 0 amide bonds. The molecule has 0 aliphatic heterocycles. The molecule has 2 rings (SSSR count). The maximum Gasteiger partial charge on any atom is 0.204 e. The summed E-state index contributed by atoms with van der Waals surface area (Å²) in [5, 5.41) is 2.35. The molecule has 2 aromatic rings. The van der Waals surface area contributed by atoms with Gasteiger partial charge >= 0.3 is 0 Å². The van der Waals surface area contributed by atoms with E-state index in [9.17, 15) is 4.79 Å². The summed E-state index contributed by atoms with van der Waals surface area (Å²) in [4.78, 5) is 14.8. The fourth-order valence-corrected chi connectivity index (χ4v) is 2.62. The number of nitrogens with zero attached hydrogens (tertiary/aromatic N) is 1. The van der Waals surface area contributed by atoms with Gasteiger partial charge in [-0.2, -0.15) is 0 Å². The zero-order valence-corrected chi connectivity index (χ0v) is 11.2. The Bertz CT molecular complexity index is 548. The Morgan fingerprint density at radius 3 is 2.65 bits per heavy atom. The third-order valence-corrected chi connectivity index (χ3v) is 3.79. The summed E-state index contributed by atoms with van der Waals surface area (Å²) in [5.41, 5.74) is 1.67. The average molecular weight is 266 g/mol. The van der Waals surface area contributed by atoms with Crippen molar-refractivity contribution in [2.75, 3.05) is 19.0 Å². The highest BCUT2D eigenvalue weighted by Crippen LogP contribution is 2.26. The first-order chi connectivity index (χ1) is 8.09. The molecule has 0 saturated heterocycles. The zero-order valence-electron chi connectivity index (χ0n) is 9.61. The lowest BCUT2D eigenvalue weighted by Gasteiger charge is -2.12. The average Bonchev–Trinajstić information content (AvgIpc) is 2.74. The summed E-state index contributed by atoms with van der Waals surface area (Å²) in [7, 11) is 3.89. The lowest BCUT2D eigenvalue weighted by molar-refractivity contribution is 0.104. The zero-order chi connectivity index (χ0) is 12.4. The van der Waals surface area contributed by atoms with E-state index in [0.29, 0.717) is 15.5 Å². The van der Waals surface area contributed by atoms with Crippen molar-refractivity contribution in [3.8, 4) is 0 Å². The van der Waals surface area contributed by atoms with E-state index < -0.39 is 0 Å². The van der Waals surface area contributed by atoms with Crippen molar-refractivity contribution >= 4 is 34.4 Å². The van der Waals surface area contributed by atoms with Crippen LogP contribution in [0.1, 0.15) is 15.2 Å². The Kier molecular flexibility index (Phi) is 3.50. The molecular formula is C13H12ClNOS. The Morgan fingerprint density at radius 2 is 2.06 bits per heavy atom. The second kappa shape index (κ2) is 4.90. The number of carbonyl (C=O) groups is 1. The second-order valence-electron chi connectivity index (χ2n) is 3.87. The van der Waals surface area contributed by atoms with Gasteiger partial charge in [-0.15, -0.1) is 11.3 Å². The third kappa shape index (κ3) is 2.51. The summed E-state index contributed by atoms with van der Waals surface area (Å²) in [6.45, 7) is 0. The summed E-state index contributed by atoms with van der Waals surface area (Å²) >= 11 is 7.34. The largest absolute Gasteiger partial charge is 0.378 e. The van der Waals surface area contributed by atoms with Crippen LogP contribution in [0.3, 0.4) is 0 Å². The first-order valence-corrected chi connectivity index (χ1v) is 6.40. The van der Waals surface area contributed by atoms with Crippen molar-refractivity contribution in [1.82, 2.24) is 0 Å². The first kappa shape index (κ1) is 12.1. The predicted molar refractivity (Wildman–Crippen MR) is 73.5 cm³/mol.